The summed E-state index contributed by atoms with van der Waals surface area (Å²) in [5.74, 6) is -0.0709. The Kier molecular flexibility index (Phi) is 7.04. The largest absolute Gasteiger partial charge is 0.507 e. The fourth-order valence-corrected chi connectivity index (χ4v) is 7.04. The van der Waals surface area contributed by atoms with Gasteiger partial charge in [-0.3, -0.25) is 14.2 Å². The van der Waals surface area contributed by atoms with Crippen LogP contribution in [0.1, 0.15) is 33.1 Å². The van der Waals surface area contributed by atoms with Crippen LogP contribution in [0.2, 0.25) is 5.02 Å². The van der Waals surface area contributed by atoms with Gasteiger partial charge < -0.3 is 5.11 Å². The minimum Gasteiger partial charge on any atom is -0.507 e. The van der Waals surface area contributed by atoms with Gasteiger partial charge in [-0.15, -0.1) is 11.3 Å². The monoisotopic (exact) mass is 567 g/mol. The van der Waals surface area contributed by atoms with Gasteiger partial charge in [0.05, 0.1) is 17.8 Å². The van der Waals surface area contributed by atoms with Gasteiger partial charge in [-0.05, 0) is 75.1 Å². The standard InChI is InChI=1S/C28H26ClN3O4S2/c1-16-11-24(28(37-16)38(34,35)36)23-10-8-20(13-26(23)33)15-32-25-14-22(30-17(2)27(25)18(3)31-32)9-7-19-5-4-6-21(29)12-19/h4-6,8,10-14,33H,7,9,15H2,1-3H3,(H,34,35,36). The van der Waals surface area contributed by atoms with Crippen LogP contribution in [0.5, 0.6) is 5.75 Å². The summed E-state index contributed by atoms with van der Waals surface area (Å²) in [7, 11) is -4.41. The molecule has 0 bridgehead atoms. The van der Waals surface area contributed by atoms with Crippen molar-refractivity contribution in [1.29, 1.82) is 0 Å². The van der Waals surface area contributed by atoms with E-state index >= 15 is 0 Å². The average molecular weight is 568 g/mol. The second-order valence-corrected chi connectivity index (χ2v) is 12.7. The molecule has 0 spiro atoms. The van der Waals surface area contributed by atoms with Crippen molar-refractivity contribution < 1.29 is 18.1 Å². The third-order valence-electron chi connectivity index (χ3n) is 6.44. The zero-order valence-electron chi connectivity index (χ0n) is 21.1. The van der Waals surface area contributed by atoms with Crippen molar-refractivity contribution in [2.24, 2.45) is 0 Å². The van der Waals surface area contributed by atoms with Crippen molar-refractivity contribution in [3.8, 4) is 16.9 Å². The van der Waals surface area contributed by atoms with Crippen LogP contribution in [0.15, 0.2) is 58.8 Å². The van der Waals surface area contributed by atoms with E-state index in [9.17, 15) is 18.1 Å². The Labute approximate surface area is 230 Å². The number of phenols is 1. The summed E-state index contributed by atoms with van der Waals surface area (Å²) in [6.45, 7) is 6.10. The number of benzene rings is 2. The van der Waals surface area contributed by atoms with E-state index in [0.717, 1.165) is 63.3 Å². The number of aryl methyl sites for hydroxylation is 5. The molecule has 10 heteroatoms. The molecule has 0 amide bonds. The third-order valence-corrected chi connectivity index (χ3v) is 9.09. The molecule has 0 aliphatic rings. The average Bonchev–Trinajstić information content (AvgIpc) is 3.38. The molecule has 2 N–H and O–H groups in total. The number of halogens is 1. The molecule has 0 aliphatic heterocycles. The first-order valence-electron chi connectivity index (χ1n) is 12.0. The van der Waals surface area contributed by atoms with Crippen LogP contribution < -0.4 is 0 Å². The van der Waals surface area contributed by atoms with Crippen molar-refractivity contribution in [3.05, 3.63) is 92.7 Å². The molecule has 5 rings (SSSR count). The first-order chi connectivity index (χ1) is 18.0. The normalized spacial score (nSPS) is 11.9. The van der Waals surface area contributed by atoms with Crippen molar-refractivity contribution in [2.45, 2.75) is 44.4 Å². The molecular formula is C28H26ClN3O4S2. The Morgan fingerprint density at radius 1 is 0.947 bits per heavy atom. The van der Waals surface area contributed by atoms with E-state index in [-0.39, 0.29) is 15.5 Å². The zero-order chi connectivity index (χ0) is 27.2. The molecule has 2 aromatic carbocycles. The number of rotatable bonds is 7. The van der Waals surface area contributed by atoms with E-state index in [0.29, 0.717) is 22.0 Å². The molecule has 38 heavy (non-hydrogen) atoms. The lowest BCUT2D eigenvalue weighted by molar-refractivity contribution is 0.476. The van der Waals surface area contributed by atoms with Gasteiger partial charge in [0, 0.05) is 37.8 Å². The highest BCUT2D eigenvalue weighted by Crippen LogP contribution is 2.39. The van der Waals surface area contributed by atoms with Crippen molar-refractivity contribution >= 4 is 44.0 Å². The summed E-state index contributed by atoms with van der Waals surface area (Å²) in [6, 6.07) is 16.6. The van der Waals surface area contributed by atoms with Gasteiger partial charge in [0.25, 0.3) is 0 Å². The highest BCUT2D eigenvalue weighted by atomic mass is 35.5. The van der Waals surface area contributed by atoms with Crippen LogP contribution in [0.25, 0.3) is 22.0 Å². The summed E-state index contributed by atoms with van der Waals surface area (Å²) in [4.78, 5) is 5.53. The second kappa shape index (κ2) is 10.1. The summed E-state index contributed by atoms with van der Waals surface area (Å²) in [6.07, 6.45) is 1.57. The van der Waals surface area contributed by atoms with Gasteiger partial charge in [0.2, 0.25) is 0 Å². The van der Waals surface area contributed by atoms with Crippen LogP contribution in [-0.4, -0.2) is 32.8 Å². The highest BCUT2D eigenvalue weighted by molar-refractivity contribution is 7.88. The van der Waals surface area contributed by atoms with Crippen LogP contribution in [-0.2, 0) is 29.5 Å². The van der Waals surface area contributed by atoms with Crippen LogP contribution >= 0.6 is 22.9 Å². The number of aromatic hydroxyl groups is 1. The Bertz CT molecular complexity index is 1790. The van der Waals surface area contributed by atoms with Gasteiger partial charge in [-0.2, -0.15) is 13.5 Å². The Morgan fingerprint density at radius 3 is 2.45 bits per heavy atom. The highest BCUT2D eigenvalue weighted by Gasteiger charge is 2.22. The maximum atomic E-state index is 11.8. The van der Waals surface area contributed by atoms with E-state index in [1.54, 1.807) is 25.1 Å². The van der Waals surface area contributed by atoms with E-state index in [4.69, 9.17) is 21.7 Å². The number of nitrogens with zero attached hydrogens (tertiary/aromatic N) is 3. The quantitative estimate of drug-likeness (QED) is 0.217. The Balaban J connectivity index is 1.45. The molecule has 5 aromatic rings. The number of phenolic OH excluding ortho intramolecular Hbond substituents is 1. The van der Waals surface area contributed by atoms with Crippen molar-refractivity contribution in [1.82, 2.24) is 14.8 Å². The smallest absolute Gasteiger partial charge is 0.304 e. The number of aromatic nitrogens is 3. The molecule has 0 fully saturated rings. The zero-order valence-corrected chi connectivity index (χ0v) is 23.5. The number of hydrogen-bond donors (Lipinski definition) is 2. The third kappa shape index (κ3) is 5.33. The summed E-state index contributed by atoms with van der Waals surface area (Å²) >= 11 is 7.10. The maximum absolute atomic E-state index is 11.8. The molecule has 0 aliphatic carbocycles. The molecule has 0 saturated heterocycles. The molecule has 3 heterocycles. The Morgan fingerprint density at radius 2 is 1.74 bits per heavy atom. The first-order valence-corrected chi connectivity index (χ1v) is 14.6. The van der Waals surface area contributed by atoms with Gasteiger partial charge in [0.15, 0.2) is 4.21 Å². The van der Waals surface area contributed by atoms with Crippen LogP contribution in [0.4, 0.5) is 0 Å². The van der Waals surface area contributed by atoms with E-state index in [1.165, 1.54) is 0 Å². The predicted molar refractivity (Wildman–Crippen MR) is 151 cm³/mol. The lowest BCUT2D eigenvalue weighted by Crippen LogP contribution is -2.03. The van der Waals surface area contributed by atoms with Gasteiger partial charge >= 0.3 is 10.1 Å². The summed E-state index contributed by atoms with van der Waals surface area (Å²) in [5, 5.41) is 17.3. The summed E-state index contributed by atoms with van der Waals surface area (Å²) < 4.78 is 35.0. The second-order valence-electron chi connectivity index (χ2n) is 9.35. The fourth-order valence-electron chi connectivity index (χ4n) is 4.82. The molecular weight excluding hydrogens is 542 g/mol. The Hall–Kier alpha value is -3.24. The van der Waals surface area contributed by atoms with E-state index < -0.39 is 10.1 Å². The lowest BCUT2D eigenvalue weighted by atomic mass is 10.0. The number of pyridine rings is 1. The van der Waals surface area contributed by atoms with Crippen molar-refractivity contribution in [3.63, 3.8) is 0 Å². The summed E-state index contributed by atoms with van der Waals surface area (Å²) in [5.41, 5.74) is 6.28. The van der Waals surface area contributed by atoms with Crippen molar-refractivity contribution in [2.75, 3.05) is 0 Å². The molecule has 0 atom stereocenters. The van der Waals surface area contributed by atoms with Gasteiger partial charge in [-0.25, -0.2) is 0 Å². The number of hydrogen-bond acceptors (Lipinski definition) is 6. The van der Waals surface area contributed by atoms with Crippen LogP contribution in [0, 0.1) is 20.8 Å². The molecule has 3 aromatic heterocycles. The molecule has 0 radical (unpaired) electrons. The topological polar surface area (TPSA) is 105 Å². The maximum Gasteiger partial charge on any atom is 0.304 e. The molecule has 7 nitrogen and oxygen atoms in total. The molecule has 196 valence electrons. The van der Waals surface area contributed by atoms with E-state index in [2.05, 4.69) is 12.1 Å². The number of thiophene rings is 1. The van der Waals surface area contributed by atoms with E-state index in [1.807, 2.05) is 42.8 Å². The van der Waals surface area contributed by atoms with Crippen LogP contribution in [0.3, 0.4) is 0 Å². The molecule has 0 unspecified atom stereocenters. The predicted octanol–water partition coefficient (Wildman–Crippen LogP) is 6.52. The number of fused-ring (bicyclic) bond motifs is 1. The van der Waals surface area contributed by atoms with Gasteiger partial charge in [0.1, 0.15) is 5.75 Å². The molecule has 0 saturated carbocycles. The first kappa shape index (κ1) is 26.4. The SMILES string of the molecule is Cc1cc(-c2ccc(Cn3nc(C)c4c(C)nc(CCc5cccc(Cl)c5)cc43)cc2O)c(S(=O)(=O)O)s1. The van der Waals surface area contributed by atoms with Gasteiger partial charge in [-0.1, -0.05) is 35.9 Å². The minimum absolute atomic E-state index is 0.0709. The lowest BCUT2D eigenvalue weighted by Gasteiger charge is -2.10. The fraction of sp³-hybridized carbons (Fsp3) is 0.214. The minimum atomic E-state index is -4.41.